The van der Waals surface area contributed by atoms with E-state index in [1.807, 2.05) is 0 Å². The third-order valence-electron chi connectivity index (χ3n) is 6.91. The standard InChI is InChI=1S/C27H28FN5O5S/c1-16-23(25(34)38-19-9-4-3-5-10-19)24(17-12-13-22(37-2)21(14-17)33(35)36)32-26(29-16)30-27(31-32)39-15-18-8-6-7-11-20(18)28/h6-8,11-14,19,24H,3-5,9-10,15H2,1-2H3,(H,29,30,31). The molecule has 12 heteroatoms. The molecule has 1 atom stereocenters. The molecule has 2 aliphatic rings. The maximum Gasteiger partial charge on any atom is 0.338 e. The van der Waals surface area contributed by atoms with Gasteiger partial charge in [-0.05, 0) is 55.9 Å². The molecule has 0 radical (unpaired) electrons. The summed E-state index contributed by atoms with van der Waals surface area (Å²) in [4.78, 5) is 29.4. The number of anilines is 1. The Labute approximate surface area is 228 Å². The Kier molecular flexibility index (Phi) is 7.82. The topological polar surface area (TPSA) is 121 Å². The molecule has 1 unspecified atom stereocenters. The minimum Gasteiger partial charge on any atom is -0.490 e. The lowest BCUT2D eigenvalue weighted by Crippen LogP contribution is -2.32. The number of fused-ring (bicyclic) bond motifs is 1. The molecule has 2 aromatic carbocycles. The van der Waals surface area contributed by atoms with Crippen LogP contribution in [0, 0.1) is 15.9 Å². The molecule has 10 nitrogen and oxygen atoms in total. The molecule has 1 aliphatic heterocycles. The van der Waals surface area contributed by atoms with E-state index in [2.05, 4.69) is 15.4 Å². The number of nitro benzene ring substituents is 1. The van der Waals surface area contributed by atoms with Crippen molar-refractivity contribution in [2.75, 3.05) is 12.4 Å². The number of halogens is 1. The molecule has 1 fully saturated rings. The van der Waals surface area contributed by atoms with Crippen LogP contribution >= 0.6 is 11.8 Å². The summed E-state index contributed by atoms with van der Waals surface area (Å²) in [6.07, 6.45) is 4.54. The smallest absolute Gasteiger partial charge is 0.338 e. The molecule has 1 aromatic heterocycles. The van der Waals surface area contributed by atoms with Gasteiger partial charge in [-0.25, -0.2) is 13.9 Å². The second-order valence-electron chi connectivity index (χ2n) is 9.46. The first-order valence-corrected chi connectivity index (χ1v) is 13.7. The predicted molar refractivity (Wildman–Crippen MR) is 143 cm³/mol. The Morgan fingerprint density at radius 2 is 2.00 bits per heavy atom. The van der Waals surface area contributed by atoms with Crippen LogP contribution in [-0.4, -0.2) is 38.9 Å². The highest BCUT2D eigenvalue weighted by Crippen LogP contribution is 2.40. The summed E-state index contributed by atoms with van der Waals surface area (Å²) >= 11 is 1.25. The Morgan fingerprint density at radius 3 is 2.72 bits per heavy atom. The van der Waals surface area contributed by atoms with Crippen molar-refractivity contribution in [1.29, 1.82) is 0 Å². The van der Waals surface area contributed by atoms with E-state index in [4.69, 9.17) is 9.47 Å². The van der Waals surface area contributed by atoms with Crippen molar-refractivity contribution in [3.8, 4) is 5.75 Å². The monoisotopic (exact) mass is 553 g/mol. The largest absolute Gasteiger partial charge is 0.490 e. The van der Waals surface area contributed by atoms with Gasteiger partial charge in [-0.1, -0.05) is 42.4 Å². The molecular formula is C27H28FN5O5S. The summed E-state index contributed by atoms with van der Waals surface area (Å²) in [5.74, 6) is -0.0543. The fourth-order valence-electron chi connectivity index (χ4n) is 4.94. The fraction of sp³-hybridized carbons (Fsp3) is 0.370. The summed E-state index contributed by atoms with van der Waals surface area (Å²) in [5.41, 5.74) is 1.54. The van der Waals surface area contributed by atoms with E-state index in [0.29, 0.717) is 39.3 Å². The number of benzene rings is 2. The number of rotatable bonds is 8. The van der Waals surface area contributed by atoms with Crippen LogP contribution in [0.1, 0.15) is 56.2 Å². The van der Waals surface area contributed by atoms with E-state index in [0.717, 1.165) is 32.1 Å². The first kappa shape index (κ1) is 26.7. The number of ether oxygens (including phenoxy) is 2. The van der Waals surface area contributed by atoms with Crippen molar-refractivity contribution in [2.45, 2.75) is 62.1 Å². The van der Waals surface area contributed by atoms with Crippen LogP contribution in [0.15, 0.2) is 58.9 Å². The van der Waals surface area contributed by atoms with Crippen LogP contribution in [0.5, 0.6) is 5.75 Å². The number of thioether (sulfide) groups is 1. The highest BCUT2D eigenvalue weighted by atomic mass is 32.2. The molecule has 1 aliphatic carbocycles. The van der Waals surface area contributed by atoms with Gasteiger partial charge in [-0.15, -0.1) is 5.10 Å². The van der Waals surface area contributed by atoms with Gasteiger partial charge in [0.05, 0.1) is 17.6 Å². The van der Waals surface area contributed by atoms with E-state index in [9.17, 15) is 19.3 Å². The fourth-order valence-corrected chi connectivity index (χ4v) is 5.76. The lowest BCUT2D eigenvalue weighted by atomic mass is 9.94. The van der Waals surface area contributed by atoms with E-state index in [1.54, 1.807) is 31.2 Å². The average Bonchev–Trinajstić information content (AvgIpc) is 3.34. The lowest BCUT2D eigenvalue weighted by molar-refractivity contribution is -0.385. The molecule has 0 amide bonds. The third kappa shape index (κ3) is 5.60. The predicted octanol–water partition coefficient (Wildman–Crippen LogP) is 5.79. The Bertz CT molecular complexity index is 1440. The van der Waals surface area contributed by atoms with Gasteiger partial charge < -0.3 is 14.8 Å². The highest BCUT2D eigenvalue weighted by Gasteiger charge is 2.37. The van der Waals surface area contributed by atoms with Crippen LogP contribution in [-0.2, 0) is 15.3 Å². The van der Waals surface area contributed by atoms with Gasteiger partial charge in [0.25, 0.3) is 0 Å². The van der Waals surface area contributed by atoms with E-state index in [1.165, 1.54) is 41.8 Å². The van der Waals surface area contributed by atoms with Gasteiger partial charge in [0.1, 0.15) is 18.0 Å². The van der Waals surface area contributed by atoms with Gasteiger partial charge in [-0.2, -0.15) is 4.98 Å². The van der Waals surface area contributed by atoms with Crippen LogP contribution in [0.25, 0.3) is 0 Å². The molecule has 3 aromatic rings. The molecule has 204 valence electrons. The summed E-state index contributed by atoms with van der Waals surface area (Å²) in [6, 6.07) is 10.2. The average molecular weight is 554 g/mol. The highest BCUT2D eigenvalue weighted by molar-refractivity contribution is 7.98. The van der Waals surface area contributed by atoms with Crippen molar-refractivity contribution in [1.82, 2.24) is 14.8 Å². The van der Waals surface area contributed by atoms with Crippen molar-refractivity contribution < 1.29 is 23.6 Å². The Morgan fingerprint density at radius 1 is 1.23 bits per heavy atom. The van der Waals surface area contributed by atoms with Gasteiger partial charge in [0, 0.05) is 17.5 Å². The van der Waals surface area contributed by atoms with Crippen LogP contribution in [0.3, 0.4) is 0 Å². The first-order chi connectivity index (χ1) is 18.9. The number of carbonyl (C=O) groups is 1. The SMILES string of the molecule is COc1ccc(C2C(C(=O)OC3CCCCC3)=C(C)Nc3nc(SCc4ccccc4F)nn32)cc1[N+](=O)[O-]. The van der Waals surface area contributed by atoms with Crippen LogP contribution in [0.2, 0.25) is 0 Å². The second kappa shape index (κ2) is 11.4. The number of nitro groups is 1. The molecule has 0 saturated heterocycles. The van der Waals surface area contributed by atoms with Crippen molar-refractivity contribution in [3.05, 3.63) is 80.8 Å². The van der Waals surface area contributed by atoms with E-state index < -0.39 is 16.9 Å². The maximum absolute atomic E-state index is 14.2. The molecule has 1 saturated carbocycles. The number of nitrogens with one attached hydrogen (secondary N) is 1. The number of hydrogen-bond donors (Lipinski definition) is 1. The molecule has 2 heterocycles. The summed E-state index contributed by atoms with van der Waals surface area (Å²) in [5, 5.41) is 19.9. The molecular weight excluding hydrogens is 525 g/mol. The molecule has 5 rings (SSSR count). The van der Waals surface area contributed by atoms with Crippen molar-refractivity contribution in [2.24, 2.45) is 0 Å². The van der Waals surface area contributed by atoms with Gasteiger partial charge in [0.2, 0.25) is 11.1 Å². The quantitative estimate of drug-likeness (QED) is 0.160. The van der Waals surface area contributed by atoms with E-state index in [-0.39, 0.29) is 23.4 Å². The zero-order chi connectivity index (χ0) is 27.5. The number of hydrogen-bond acceptors (Lipinski definition) is 9. The number of carbonyl (C=O) groups excluding carboxylic acids is 1. The Hall–Kier alpha value is -3.93. The lowest BCUT2D eigenvalue weighted by Gasteiger charge is -2.30. The maximum atomic E-state index is 14.2. The Balaban J connectivity index is 1.52. The number of methoxy groups -OCH3 is 1. The van der Waals surface area contributed by atoms with Crippen LogP contribution < -0.4 is 10.1 Å². The van der Waals surface area contributed by atoms with Gasteiger partial charge >= 0.3 is 11.7 Å². The third-order valence-corrected chi connectivity index (χ3v) is 7.80. The summed E-state index contributed by atoms with van der Waals surface area (Å²) < 4.78 is 26.8. The number of nitrogens with zero attached hydrogens (tertiary/aromatic N) is 4. The summed E-state index contributed by atoms with van der Waals surface area (Å²) in [6.45, 7) is 1.74. The van der Waals surface area contributed by atoms with Crippen LogP contribution in [0.4, 0.5) is 16.0 Å². The second-order valence-corrected chi connectivity index (χ2v) is 10.4. The zero-order valence-corrected chi connectivity index (χ0v) is 22.4. The number of esters is 1. The van der Waals surface area contributed by atoms with Gasteiger partial charge in [-0.3, -0.25) is 10.1 Å². The first-order valence-electron chi connectivity index (χ1n) is 12.7. The number of aromatic nitrogens is 3. The minimum absolute atomic E-state index is 0.102. The summed E-state index contributed by atoms with van der Waals surface area (Å²) in [7, 11) is 1.36. The zero-order valence-electron chi connectivity index (χ0n) is 21.6. The normalized spacial score (nSPS) is 17.4. The van der Waals surface area contributed by atoms with Crippen molar-refractivity contribution >= 4 is 29.4 Å². The molecule has 0 bridgehead atoms. The van der Waals surface area contributed by atoms with E-state index >= 15 is 0 Å². The van der Waals surface area contributed by atoms with Crippen molar-refractivity contribution in [3.63, 3.8) is 0 Å². The molecule has 0 spiro atoms. The van der Waals surface area contributed by atoms with Gasteiger partial charge in [0.15, 0.2) is 5.75 Å². The number of allylic oxidation sites excluding steroid dienone is 1. The minimum atomic E-state index is -0.836. The molecule has 39 heavy (non-hydrogen) atoms. The molecule has 1 N–H and O–H groups in total.